The maximum Gasteiger partial charge on any atom is 0.101 e. The smallest absolute Gasteiger partial charge is 0.101 e. The van der Waals surface area contributed by atoms with E-state index in [9.17, 15) is 0 Å². The minimum atomic E-state index is -0.0193. The molecule has 4 rings (SSSR count). The second kappa shape index (κ2) is 8.47. The van der Waals surface area contributed by atoms with Crippen LogP contribution in [0, 0.1) is 0 Å². The standard InChI is InChI=1S/C24H22N2O/c1-3-7-21(8-4-1)22-13-11-20(12-14-22)18-27-24(17-26-16-15-25-19-26)23-9-5-2-6-10-23/h1-16,19,24H,17-18H2. The Morgan fingerprint density at radius 3 is 2.11 bits per heavy atom. The molecule has 3 nitrogen and oxygen atoms in total. The molecule has 3 heteroatoms. The number of hydrogen-bond acceptors (Lipinski definition) is 2. The van der Waals surface area contributed by atoms with Crippen LogP contribution in [0.3, 0.4) is 0 Å². The van der Waals surface area contributed by atoms with Crippen LogP contribution >= 0.6 is 0 Å². The molecule has 0 amide bonds. The van der Waals surface area contributed by atoms with Crippen molar-refractivity contribution in [2.24, 2.45) is 0 Å². The third-order valence-electron chi connectivity index (χ3n) is 4.62. The van der Waals surface area contributed by atoms with E-state index in [2.05, 4.69) is 70.2 Å². The van der Waals surface area contributed by atoms with Crippen molar-refractivity contribution in [3.8, 4) is 11.1 Å². The normalized spacial score (nSPS) is 12.0. The summed E-state index contributed by atoms with van der Waals surface area (Å²) in [6, 6.07) is 29.4. The van der Waals surface area contributed by atoms with Crippen LogP contribution in [-0.4, -0.2) is 9.55 Å². The molecule has 0 saturated heterocycles. The summed E-state index contributed by atoms with van der Waals surface area (Å²) < 4.78 is 8.34. The molecule has 0 aliphatic heterocycles. The topological polar surface area (TPSA) is 27.1 Å². The first-order valence-corrected chi connectivity index (χ1v) is 9.15. The van der Waals surface area contributed by atoms with E-state index < -0.39 is 0 Å². The molecule has 27 heavy (non-hydrogen) atoms. The molecule has 0 aliphatic carbocycles. The molecule has 1 heterocycles. The number of aromatic nitrogens is 2. The first kappa shape index (κ1) is 17.3. The highest BCUT2D eigenvalue weighted by Gasteiger charge is 2.13. The lowest BCUT2D eigenvalue weighted by molar-refractivity contribution is 0.0280. The molecule has 0 aliphatic rings. The summed E-state index contributed by atoms with van der Waals surface area (Å²) in [6.07, 6.45) is 5.57. The molecule has 1 aromatic heterocycles. The summed E-state index contributed by atoms with van der Waals surface area (Å²) in [6.45, 7) is 1.31. The van der Waals surface area contributed by atoms with Crippen molar-refractivity contribution in [2.75, 3.05) is 0 Å². The summed E-state index contributed by atoms with van der Waals surface area (Å²) in [4.78, 5) is 4.13. The maximum absolute atomic E-state index is 6.28. The van der Waals surface area contributed by atoms with Gasteiger partial charge in [-0.05, 0) is 22.3 Å². The lowest BCUT2D eigenvalue weighted by Crippen LogP contribution is -2.12. The van der Waals surface area contributed by atoms with Gasteiger partial charge < -0.3 is 9.30 Å². The fourth-order valence-corrected chi connectivity index (χ4v) is 3.13. The van der Waals surface area contributed by atoms with Gasteiger partial charge in [0.2, 0.25) is 0 Å². The molecule has 3 aromatic carbocycles. The monoisotopic (exact) mass is 354 g/mol. The summed E-state index contributed by atoms with van der Waals surface area (Å²) in [5.41, 5.74) is 4.79. The average molecular weight is 354 g/mol. The van der Waals surface area contributed by atoms with Crippen LogP contribution < -0.4 is 0 Å². The van der Waals surface area contributed by atoms with Crippen molar-refractivity contribution in [3.05, 3.63) is 115 Å². The number of ether oxygens (including phenoxy) is 1. The molecule has 4 aromatic rings. The molecule has 134 valence electrons. The summed E-state index contributed by atoms with van der Waals surface area (Å²) in [5, 5.41) is 0. The highest BCUT2D eigenvalue weighted by molar-refractivity contribution is 5.63. The van der Waals surface area contributed by atoms with Crippen LogP contribution in [0.4, 0.5) is 0 Å². The van der Waals surface area contributed by atoms with E-state index >= 15 is 0 Å². The Balaban J connectivity index is 1.46. The van der Waals surface area contributed by atoms with Gasteiger partial charge in [-0.2, -0.15) is 0 Å². The Morgan fingerprint density at radius 2 is 1.44 bits per heavy atom. The van der Waals surface area contributed by atoms with Gasteiger partial charge in [-0.1, -0.05) is 84.9 Å². The van der Waals surface area contributed by atoms with Gasteiger partial charge in [0.25, 0.3) is 0 Å². The fourth-order valence-electron chi connectivity index (χ4n) is 3.13. The van der Waals surface area contributed by atoms with Crippen molar-refractivity contribution < 1.29 is 4.74 Å². The quantitative estimate of drug-likeness (QED) is 0.438. The first-order chi connectivity index (χ1) is 13.4. The van der Waals surface area contributed by atoms with Crippen molar-refractivity contribution >= 4 is 0 Å². The molecule has 0 N–H and O–H groups in total. The van der Waals surface area contributed by atoms with Crippen LogP contribution in [0.1, 0.15) is 17.2 Å². The summed E-state index contributed by atoms with van der Waals surface area (Å²) >= 11 is 0. The van der Waals surface area contributed by atoms with Gasteiger partial charge in [-0.15, -0.1) is 0 Å². The third-order valence-corrected chi connectivity index (χ3v) is 4.62. The molecule has 0 fully saturated rings. The zero-order chi connectivity index (χ0) is 18.3. The van der Waals surface area contributed by atoms with Gasteiger partial charge in [-0.25, -0.2) is 4.98 Å². The number of benzene rings is 3. The van der Waals surface area contributed by atoms with Crippen molar-refractivity contribution in [3.63, 3.8) is 0 Å². The van der Waals surface area contributed by atoms with Crippen molar-refractivity contribution in [2.45, 2.75) is 19.3 Å². The number of imidazole rings is 1. The lowest BCUT2D eigenvalue weighted by Gasteiger charge is -2.19. The zero-order valence-electron chi connectivity index (χ0n) is 15.1. The molecule has 0 bridgehead atoms. The second-order valence-electron chi connectivity index (χ2n) is 6.53. The van der Waals surface area contributed by atoms with E-state index in [1.54, 1.807) is 6.20 Å². The Hall–Kier alpha value is -3.17. The van der Waals surface area contributed by atoms with Crippen molar-refractivity contribution in [1.82, 2.24) is 9.55 Å². The first-order valence-electron chi connectivity index (χ1n) is 9.15. The molecule has 0 radical (unpaired) electrons. The van der Waals surface area contributed by atoms with Crippen LogP contribution in [0.5, 0.6) is 0 Å². The molecule has 1 atom stereocenters. The van der Waals surface area contributed by atoms with Gasteiger partial charge in [0.1, 0.15) is 6.10 Å². The van der Waals surface area contributed by atoms with E-state index in [1.165, 1.54) is 22.3 Å². The predicted octanol–water partition coefficient (Wildman–Crippen LogP) is 5.51. The van der Waals surface area contributed by atoms with E-state index in [1.807, 2.05) is 36.8 Å². The van der Waals surface area contributed by atoms with Gasteiger partial charge in [0.15, 0.2) is 0 Å². The predicted molar refractivity (Wildman–Crippen MR) is 108 cm³/mol. The summed E-state index contributed by atoms with van der Waals surface area (Å²) in [7, 11) is 0. The second-order valence-corrected chi connectivity index (χ2v) is 6.53. The fraction of sp³-hybridized carbons (Fsp3) is 0.125. The van der Waals surface area contributed by atoms with Gasteiger partial charge >= 0.3 is 0 Å². The SMILES string of the molecule is c1ccc(-c2ccc(COC(Cn3ccnc3)c3ccccc3)cc2)cc1. The van der Waals surface area contributed by atoms with E-state index in [0.29, 0.717) is 6.61 Å². The minimum Gasteiger partial charge on any atom is -0.367 e. The van der Waals surface area contributed by atoms with Crippen LogP contribution in [0.15, 0.2) is 104 Å². The van der Waals surface area contributed by atoms with Crippen LogP contribution in [0.2, 0.25) is 0 Å². The molecular weight excluding hydrogens is 332 g/mol. The largest absolute Gasteiger partial charge is 0.367 e. The van der Waals surface area contributed by atoms with E-state index in [0.717, 1.165) is 6.54 Å². The Bertz CT molecular complexity index is 933. The zero-order valence-corrected chi connectivity index (χ0v) is 15.1. The molecule has 0 spiro atoms. The number of hydrogen-bond donors (Lipinski definition) is 0. The highest BCUT2D eigenvalue weighted by Crippen LogP contribution is 2.23. The van der Waals surface area contributed by atoms with E-state index in [-0.39, 0.29) is 6.10 Å². The summed E-state index contributed by atoms with van der Waals surface area (Å²) in [5.74, 6) is 0. The molecular formula is C24H22N2O. The number of rotatable bonds is 7. The Kier molecular flexibility index (Phi) is 5.42. The minimum absolute atomic E-state index is 0.0193. The van der Waals surface area contributed by atoms with Gasteiger partial charge in [0.05, 0.1) is 19.5 Å². The van der Waals surface area contributed by atoms with Gasteiger partial charge in [0, 0.05) is 12.4 Å². The lowest BCUT2D eigenvalue weighted by atomic mass is 10.0. The van der Waals surface area contributed by atoms with E-state index in [4.69, 9.17) is 4.74 Å². The molecule has 0 saturated carbocycles. The number of nitrogens with zero attached hydrogens (tertiary/aromatic N) is 2. The van der Waals surface area contributed by atoms with Gasteiger partial charge in [-0.3, -0.25) is 0 Å². The Morgan fingerprint density at radius 1 is 0.778 bits per heavy atom. The highest BCUT2D eigenvalue weighted by atomic mass is 16.5. The third kappa shape index (κ3) is 4.52. The Labute approximate surface area is 159 Å². The van der Waals surface area contributed by atoms with Crippen LogP contribution in [-0.2, 0) is 17.9 Å². The van der Waals surface area contributed by atoms with Crippen LogP contribution in [0.25, 0.3) is 11.1 Å². The average Bonchev–Trinajstić information content (AvgIpc) is 3.26. The maximum atomic E-state index is 6.28. The molecule has 1 unspecified atom stereocenters. The van der Waals surface area contributed by atoms with Crippen molar-refractivity contribution in [1.29, 1.82) is 0 Å².